The van der Waals surface area contributed by atoms with Crippen molar-refractivity contribution in [3.05, 3.63) is 88.4 Å². The molecule has 7 heteroatoms. The molecule has 0 aliphatic carbocycles. The van der Waals surface area contributed by atoms with Crippen molar-refractivity contribution in [3.63, 3.8) is 0 Å². The summed E-state index contributed by atoms with van der Waals surface area (Å²) in [5.74, 6) is -0.235. The zero-order valence-electron chi connectivity index (χ0n) is 16.4. The Labute approximate surface area is 183 Å². The molecule has 2 N–H and O–H groups in total. The highest BCUT2D eigenvalue weighted by Gasteiger charge is 2.12. The lowest BCUT2D eigenvalue weighted by Crippen LogP contribution is -2.41. The van der Waals surface area contributed by atoms with Gasteiger partial charge in [-0.25, -0.2) is 0 Å². The third-order valence-corrected chi connectivity index (χ3v) is 4.90. The van der Waals surface area contributed by atoms with Crippen LogP contribution in [0, 0.1) is 0 Å². The topological polar surface area (TPSA) is 76.7 Å². The number of hydrogen-bond acceptors (Lipinski definition) is 4. The summed E-state index contributed by atoms with van der Waals surface area (Å²) in [6.45, 7) is 0.868. The van der Waals surface area contributed by atoms with Crippen molar-refractivity contribution in [3.8, 4) is 16.9 Å². The number of benzene rings is 3. The van der Waals surface area contributed by atoms with Gasteiger partial charge < -0.3 is 9.47 Å². The van der Waals surface area contributed by atoms with E-state index in [-0.39, 0.29) is 0 Å². The van der Waals surface area contributed by atoms with Gasteiger partial charge in [0.05, 0.1) is 11.1 Å². The standard InChI is InChI=1S/C23H21BrN2O4/c1-29-13-14-30-21-12-11-19(15-20(21)24)23(28)26-25-22(27)18-9-7-17(8-10-18)16-5-3-2-4-6-16/h2-12,15H,13-14H2,1H3,(H,25,27)(H,26,28). The minimum absolute atomic E-state index is 0.376. The van der Waals surface area contributed by atoms with E-state index in [2.05, 4.69) is 26.8 Å². The molecule has 0 atom stereocenters. The summed E-state index contributed by atoms with van der Waals surface area (Å²) in [4.78, 5) is 24.7. The Bertz CT molecular complexity index is 1010. The largest absolute Gasteiger partial charge is 0.490 e. The van der Waals surface area contributed by atoms with E-state index in [1.54, 1.807) is 37.4 Å². The molecule has 6 nitrogen and oxygen atoms in total. The summed E-state index contributed by atoms with van der Waals surface area (Å²) < 4.78 is 11.1. The molecule has 3 aromatic carbocycles. The predicted molar refractivity (Wildman–Crippen MR) is 118 cm³/mol. The van der Waals surface area contributed by atoms with Crippen molar-refractivity contribution in [1.29, 1.82) is 0 Å². The van der Waals surface area contributed by atoms with Crippen LogP contribution in [0.3, 0.4) is 0 Å². The van der Waals surface area contributed by atoms with Gasteiger partial charge in [-0.2, -0.15) is 0 Å². The fourth-order valence-electron chi connectivity index (χ4n) is 2.70. The van der Waals surface area contributed by atoms with Crippen LogP contribution in [0.2, 0.25) is 0 Å². The summed E-state index contributed by atoms with van der Waals surface area (Å²) >= 11 is 3.38. The molecule has 0 aliphatic rings. The third kappa shape index (κ3) is 5.68. The van der Waals surface area contributed by atoms with Crippen LogP contribution in [0.25, 0.3) is 11.1 Å². The number of hydrazine groups is 1. The summed E-state index contributed by atoms with van der Waals surface area (Å²) in [5, 5.41) is 0. The maximum absolute atomic E-state index is 12.3. The van der Waals surface area contributed by atoms with Gasteiger partial charge in [0, 0.05) is 18.2 Å². The maximum atomic E-state index is 12.3. The van der Waals surface area contributed by atoms with Gasteiger partial charge in [-0.15, -0.1) is 0 Å². The Balaban J connectivity index is 1.56. The van der Waals surface area contributed by atoms with Crippen LogP contribution in [-0.4, -0.2) is 32.1 Å². The maximum Gasteiger partial charge on any atom is 0.269 e. The van der Waals surface area contributed by atoms with E-state index < -0.39 is 11.8 Å². The molecule has 154 valence electrons. The van der Waals surface area contributed by atoms with Crippen molar-refractivity contribution in [2.24, 2.45) is 0 Å². The Hall–Kier alpha value is -3.16. The molecule has 0 aromatic heterocycles. The van der Waals surface area contributed by atoms with Crippen molar-refractivity contribution < 1.29 is 19.1 Å². The third-order valence-electron chi connectivity index (χ3n) is 4.28. The van der Waals surface area contributed by atoms with Gasteiger partial charge in [0.2, 0.25) is 0 Å². The molecule has 0 radical (unpaired) electrons. The fourth-order valence-corrected chi connectivity index (χ4v) is 3.19. The second kappa shape index (κ2) is 10.6. The molecule has 3 aromatic rings. The zero-order chi connectivity index (χ0) is 21.3. The van der Waals surface area contributed by atoms with Gasteiger partial charge in [0.15, 0.2) is 0 Å². The molecular weight excluding hydrogens is 448 g/mol. The molecule has 0 spiro atoms. The summed E-state index contributed by atoms with van der Waals surface area (Å²) in [7, 11) is 1.60. The first kappa shape index (κ1) is 21.5. The van der Waals surface area contributed by atoms with E-state index in [9.17, 15) is 9.59 Å². The highest BCUT2D eigenvalue weighted by atomic mass is 79.9. The SMILES string of the molecule is COCCOc1ccc(C(=O)NNC(=O)c2ccc(-c3ccccc3)cc2)cc1Br. The number of ether oxygens (including phenoxy) is 2. The molecule has 30 heavy (non-hydrogen) atoms. The van der Waals surface area contributed by atoms with Crippen LogP contribution >= 0.6 is 15.9 Å². The summed E-state index contributed by atoms with van der Waals surface area (Å²) in [5.41, 5.74) is 7.75. The molecule has 2 amide bonds. The number of methoxy groups -OCH3 is 1. The van der Waals surface area contributed by atoms with Crippen LogP contribution in [0.4, 0.5) is 0 Å². The Morgan fingerprint density at radius 2 is 1.40 bits per heavy atom. The second-order valence-electron chi connectivity index (χ2n) is 6.34. The average Bonchev–Trinajstić information content (AvgIpc) is 2.79. The fraction of sp³-hybridized carbons (Fsp3) is 0.130. The lowest BCUT2D eigenvalue weighted by Gasteiger charge is -2.11. The molecule has 0 saturated carbocycles. The number of carbonyl (C=O) groups excluding carboxylic acids is 2. The first-order valence-corrected chi connectivity index (χ1v) is 10.1. The molecule has 0 heterocycles. The van der Waals surface area contributed by atoms with Crippen LogP contribution < -0.4 is 15.6 Å². The van der Waals surface area contributed by atoms with Crippen molar-refractivity contribution >= 4 is 27.7 Å². The Morgan fingerprint density at radius 1 is 0.800 bits per heavy atom. The molecule has 0 saturated heterocycles. The van der Waals surface area contributed by atoms with Crippen molar-refractivity contribution in [2.75, 3.05) is 20.3 Å². The second-order valence-corrected chi connectivity index (χ2v) is 7.19. The van der Waals surface area contributed by atoms with Crippen molar-refractivity contribution in [1.82, 2.24) is 10.9 Å². The van der Waals surface area contributed by atoms with Crippen LogP contribution in [-0.2, 0) is 4.74 Å². The number of carbonyl (C=O) groups is 2. The average molecular weight is 469 g/mol. The van der Waals surface area contributed by atoms with E-state index in [1.807, 2.05) is 42.5 Å². The zero-order valence-corrected chi connectivity index (χ0v) is 17.9. The monoisotopic (exact) mass is 468 g/mol. The van der Waals surface area contributed by atoms with Crippen LogP contribution in [0.1, 0.15) is 20.7 Å². The highest BCUT2D eigenvalue weighted by molar-refractivity contribution is 9.10. The smallest absolute Gasteiger partial charge is 0.269 e. The molecular formula is C23H21BrN2O4. The predicted octanol–water partition coefficient (Wildman–Crippen LogP) is 4.22. The lowest BCUT2D eigenvalue weighted by molar-refractivity contribution is 0.0846. The summed E-state index contributed by atoms with van der Waals surface area (Å²) in [6.07, 6.45) is 0. The highest BCUT2D eigenvalue weighted by Crippen LogP contribution is 2.26. The molecule has 3 rings (SSSR count). The molecule has 0 aliphatic heterocycles. The van der Waals surface area contributed by atoms with Crippen LogP contribution in [0.15, 0.2) is 77.3 Å². The molecule has 0 fully saturated rings. The van der Waals surface area contributed by atoms with Crippen LogP contribution in [0.5, 0.6) is 5.75 Å². The van der Waals surface area contributed by atoms with Crippen molar-refractivity contribution in [2.45, 2.75) is 0 Å². The van der Waals surface area contributed by atoms with E-state index in [0.717, 1.165) is 11.1 Å². The molecule has 0 bridgehead atoms. The summed E-state index contributed by atoms with van der Waals surface area (Å²) in [6, 6.07) is 22.0. The van der Waals surface area contributed by atoms with Gasteiger partial charge in [-0.1, -0.05) is 42.5 Å². The first-order valence-electron chi connectivity index (χ1n) is 9.26. The number of nitrogens with one attached hydrogen (secondary N) is 2. The first-order chi connectivity index (χ1) is 14.6. The normalized spacial score (nSPS) is 10.3. The number of hydrogen-bond donors (Lipinski definition) is 2. The van der Waals surface area contributed by atoms with Gasteiger partial charge in [-0.05, 0) is 57.4 Å². The van der Waals surface area contributed by atoms with E-state index in [1.165, 1.54) is 0 Å². The van der Waals surface area contributed by atoms with Gasteiger partial charge >= 0.3 is 0 Å². The quantitative estimate of drug-likeness (QED) is 0.402. The van der Waals surface area contributed by atoms with Gasteiger partial charge in [0.1, 0.15) is 12.4 Å². The molecule has 0 unspecified atom stereocenters. The van der Waals surface area contributed by atoms with E-state index in [4.69, 9.17) is 9.47 Å². The number of rotatable bonds is 7. The van der Waals surface area contributed by atoms with Gasteiger partial charge in [-0.3, -0.25) is 20.4 Å². The Morgan fingerprint density at radius 3 is 2.03 bits per heavy atom. The lowest BCUT2D eigenvalue weighted by atomic mass is 10.0. The number of amides is 2. The van der Waals surface area contributed by atoms with E-state index >= 15 is 0 Å². The van der Waals surface area contributed by atoms with E-state index in [0.29, 0.717) is 34.6 Å². The Kier molecular flexibility index (Phi) is 7.59. The van der Waals surface area contributed by atoms with Gasteiger partial charge in [0.25, 0.3) is 11.8 Å². The minimum Gasteiger partial charge on any atom is -0.490 e. The number of halogens is 1. The minimum atomic E-state index is -0.437.